The highest BCUT2D eigenvalue weighted by Gasteiger charge is 2.08. The van der Waals surface area contributed by atoms with Crippen molar-refractivity contribution in [3.8, 4) is 0 Å². The number of amides is 1. The Bertz CT molecular complexity index is 578. The van der Waals surface area contributed by atoms with Gasteiger partial charge in [0.05, 0.1) is 6.04 Å². The molecule has 1 unspecified atom stereocenters. The highest BCUT2D eigenvalue weighted by atomic mass is 32.1. The van der Waals surface area contributed by atoms with Crippen molar-refractivity contribution in [1.82, 2.24) is 5.32 Å². The van der Waals surface area contributed by atoms with Gasteiger partial charge in [-0.25, -0.2) is 4.39 Å². The number of hydrogen-bond acceptors (Lipinski definition) is 2. The van der Waals surface area contributed by atoms with Crippen LogP contribution in [0.5, 0.6) is 0 Å². The summed E-state index contributed by atoms with van der Waals surface area (Å²) >= 11 is 1.59. The standard InChI is InChI=1S/C15H14FNOS/c1-11(14-7-4-10-19-14)17-15(18)9-8-12-5-2-3-6-13(12)16/h2-11H,1H3,(H,17,18)/b9-8+. The van der Waals surface area contributed by atoms with Crippen molar-refractivity contribution in [2.75, 3.05) is 0 Å². The van der Waals surface area contributed by atoms with E-state index in [-0.39, 0.29) is 17.8 Å². The molecule has 0 bridgehead atoms. The maximum absolute atomic E-state index is 13.3. The molecule has 0 saturated heterocycles. The molecule has 2 aromatic rings. The quantitative estimate of drug-likeness (QED) is 0.845. The molecule has 98 valence electrons. The summed E-state index contributed by atoms with van der Waals surface area (Å²) in [4.78, 5) is 12.8. The van der Waals surface area contributed by atoms with Crippen LogP contribution in [-0.2, 0) is 4.79 Å². The van der Waals surface area contributed by atoms with E-state index < -0.39 is 0 Å². The van der Waals surface area contributed by atoms with Gasteiger partial charge in [0.25, 0.3) is 0 Å². The number of benzene rings is 1. The molecule has 1 atom stereocenters. The van der Waals surface area contributed by atoms with E-state index in [1.807, 2.05) is 24.4 Å². The minimum absolute atomic E-state index is 0.0437. The Hall–Kier alpha value is -1.94. The van der Waals surface area contributed by atoms with E-state index in [9.17, 15) is 9.18 Å². The largest absolute Gasteiger partial charge is 0.345 e. The Kier molecular flexibility index (Phi) is 4.47. The molecule has 1 amide bonds. The van der Waals surface area contributed by atoms with Crippen molar-refractivity contribution in [2.24, 2.45) is 0 Å². The van der Waals surface area contributed by atoms with Crippen LogP contribution in [0.1, 0.15) is 23.4 Å². The molecule has 0 aliphatic heterocycles. The van der Waals surface area contributed by atoms with E-state index in [1.165, 1.54) is 18.2 Å². The van der Waals surface area contributed by atoms with Gasteiger partial charge in [0.2, 0.25) is 5.91 Å². The Balaban J connectivity index is 1.96. The third-order valence-electron chi connectivity index (χ3n) is 2.65. The van der Waals surface area contributed by atoms with Gasteiger partial charge < -0.3 is 5.32 Å². The predicted molar refractivity (Wildman–Crippen MR) is 76.3 cm³/mol. The number of carbonyl (C=O) groups excluding carboxylic acids is 1. The number of nitrogens with one attached hydrogen (secondary N) is 1. The van der Waals surface area contributed by atoms with Gasteiger partial charge in [0, 0.05) is 16.5 Å². The normalized spacial score (nSPS) is 12.5. The first kappa shape index (κ1) is 13.5. The molecule has 4 heteroatoms. The molecular formula is C15H14FNOS. The molecule has 1 heterocycles. The van der Waals surface area contributed by atoms with Crippen molar-refractivity contribution < 1.29 is 9.18 Å². The molecule has 0 spiro atoms. The number of hydrogen-bond donors (Lipinski definition) is 1. The van der Waals surface area contributed by atoms with Crippen LogP contribution < -0.4 is 5.32 Å². The average molecular weight is 275 g/mol. The topological polar surface area (TPSA) is 29.1 Å². The fourth-order valence-electron chi connectivity index (χ4n) is 1.65. The van der Waals surface area contributed by atoms with Crippen molar-refractivity contribution in [2.45, 2.75) is 13.0 Å². The van der Waals surface area contributed by atoms with Crippen LogP contribution in [0.25, 0.3) is 6.08 Å². The van der Waals surface area contributed by atoms with Crippen molar-refractivity contribution in [3.05, 3.63) is 64.1 Å². The lowest BCUT2D eigenvalue weighted by atomic mass is 10.2. The van der Waals surface area contributed by atoms with Crippen LogP contribution in [0.2, 0.25) is 0 Å². The third kappa shape index (κ3) is 3.76. The summed E-state index contributed by atoms with van der Waals surface area (Å²) in [6.45, 7) is 1.92. The molecule has 0 aliphatic rings. The second-order valence-corrected chi connectivity index (χ2v) is 5.08. The van der Waals surface area contributed by atoms with Gasteiger partial charge in [-0.3, -0.25) is 4.79 Å². The monoisotopic (exact) mass is 275 g/mol. The zero-order valence-electron chi connectivity index (χ0n) is 10.5. The van der Waals surface area contributed by atoms with Crippen LogP contribution in [0.4, 0.5) is 4.39 Å². The van der Waals surface area contributed by atoms with Crippen molar-refractivity contribution in [3.63, 3.8) is 0 Å². The fourth-order valence-corrected chi connectivity index (χ4v) is 2.38. The van der Waals surface area contributed by atoms with Crippen LogP contribution >= 0.6 is 11.3 Å². The van der Waals surface area contributed by atoms with E-state index in [4.69, 9.17) is 0 Å². The second-order valence-electron chi connectivity index (χ2n) is 4.10. The van der Waals surface area contributed by atoms with Crippen LogP contribution in [-0.4, -0.2) is 5.91 Å². The molecule has 1 N–H and O–H groups in total. The van der Waals surface area contributed by atoms with E-state index in [2.05, 4.69) is 5.32 Å². The summed E-state index contributed by atoms with van der Waals surface area (Å²) < 4.78 is 13.3. The molecule has 2 nitrogen and oxygen atoms in total. The minimum atomic E-state index is -0.335. The van der Waals surface area contributed by atoms with E-state index in [0.717, 1.165) is 4.88 Å². The maximum atomic E-state index is 13.3. The van der Waals surface area contributed by atoms with Crippen LogP contribution in [0, 0.1) is 5.82 Å². The van der Waals surface area contributed by atoms with Gasteiger partial charge in [-0.1, -0.05) is 24.3 Å². The molecule has 1 aromatic carbocycles. The fraction of sp³-hybridized carbons (Fsp3) is 0.133. The zero-order valence-corrected chi connectivity index (χ0v) is 11.3. The Morgan fingerprint density at radius 2 is 2.11 bits per heavy atom. The molecule has 0 aliphatic carbocycles. The van der Waals surface area contributed by atoms with Crippen molar-refractivity contribution >= 4 is 23.3 Å². The number of rotatable bonds is 4. The van der Waals surface area contributed by atoms with Gasteiger partial charge in [-0.05, 0) is 30.5 Å². The van der Waals surface area contributed by atoms with Crippen molar-refractivity contribution in [1.29, 1.82) is 0 Å². The predicted octanol–water partition coefficient (Wildman–Crippen LogP) is 3.78. The SMILES string of the molecule is CC(NC(=O)/C=C/c1ccccc1F)c1cccs1. The van der Waals surface area contributed by atoms with Gasteiger partial charge in [0.15, 0.2) is 0 Å². The minimum Gasteiger partial charge on any atom is -0.345 e. The van der Waals surface area contributed by atoms with Gasteiger partial charge >= 0.3 is 0 Å². The molecule has 2 rings (SSSR count). The van der Waals surface area contributed by atoms with E-state index >= 15 is 0 Å². The molecular weight excluding hydrogens is 261 g/mol. The first-order valence-corrected chi connectivity index (χ1v) is 6.81. The summed E-state index contributed by atoms with van der Waals surface area (Å²) in [6.07, 6.45) is 2.83. The lowest BCUT2D eigenvalue weighted by molar-refractivity contribution is -0.117. The third-order valence-corrected chi connectivity index (χ3v) is 3.70. The molecule has 0 radical (unpaired) electrons. The van der Waals surface area contributed by atoms with E-state index in [1.54, 1.807) is 29.5 Å². The lowest BCUT2D eigenvalue weighted by Gasteiger charge is -2.09. The molecule has 19 heavy (non-hydrogen) atoms. The second kappa shape index (κ2) is 6.29. The first-order valence-electron chi connectivity index (χ1n) is 5.93. The maximum Gasteiger partial charge on any atom is 0.244 e. The number of halogens is 1. The first-order chi connectivity index (χ1) is 9.16. The molecule has 1 aromatic heterocycles. The molecule has 0 saturated carbocycles. The zero-order chi connectivity index (χ0) is 13.7. The Morgan fingerprint density at radius 1 is 1.32 bits per heavy atom. The summed E-state index contributed by atoms with van der Waals surface area (Å²) in [5.41, 5.74) is 0.404. The molecule has 0 fully saturated rings. The highest BCUT2D eigenvalue weighted by Crippen LogP contribution is 2.18. The average Bonchev–Trinajstić information content (AvgIpc) is 2.91. The van der Waals surface area contributed by atoms with Crippen LogP contribution in [0.15, 0.2) is 47.9 Å². The van der Waals surface area contributed by atoms with Gasteiger partial charge in [-0.15, -0.1) is 11.3 Å². The number of thiophene rings is 1. The summed E-state index contributed by atoms with van der Waals surface area (Å²) in [6, 6.07) is 10.2. The smallest absolute Gasteiger partial charge is 0.244 e. The summed E-state index contributed by atoms with van der Waals surface area (Å²) in [5, 5.41) is 4.80. The Morgan fingerprint density at radius 3 is 2.79 bits per heavy atom. The van der Waals surface area contributed by atoms with Crippen LogP contribution in [0.3, 0.4) is 0 Å². The van der Waals surface area contributed by atoms with E-state index in [0.29, 0.717) is 5.56 Å². The Labute approximate surface area is 115 Å². The lowest BCUT2D eigenvalue weighted by Crippen LogP contribution is -2.23. The highest BCUT2D eigenvalue weighted by molar-refractivity contribution is 7.10. The summed E-state index contributed by atoms with van der Waals surface area (Å²) in [7, 11) is 0. The summed E-state index contributed by atoms with van der Waals surface area (Å²) in [5.74, 6) is -0.568. The van der Waals surface area contributed by atoms with Gasteiger partial charge in [-0.2, -0.15) is 0 Å². The van der Waals surface area contributed by atoms with Gasteiger partial charge in [0.1, 0.15) is 5.82 Å². The number of carbonyl (C=O) groups is 1.